The SMILES string of the molecule is C=CC1=C(C(=O)OC(c2ccccc2)c2ccccc2)N2C(=O)C(NC(=O)/C(=N/OCC(=O)OC(C)(C)C)c3csc(N)n3)C2SC1. The lowest BCUT2D eigenvalue weighted by atomic mass is 10.0. The molecule has 5 rings (SSSR count). The van der Waals surface area contributed by atoms with E-state index in [2.05, 4.69) is 22.0 Å². The summed E-state index contributed by atoms with van der Waals surface area (Å²) in [6.07, 6.45) is 0.798. The number of fused-ring (bicyclic) bond motifs is 1. The van der Waals surface area contributed by atoms with Gasteiger partial charge in [-0.05, 0) is 37.5 Å². The van der Waals surface area contributed by atoms with Crippen molar-refractivity contribution in [3.05, 3.63) is 107 Å². The highest BCUT2D eigenvalue weighted by Gasteiger charge is 2.54. The minimum absolute atomic E-state index is 0.0676. The standard InChI is InChI=1S/C33H33N5O7S2/c1-5-19-17-46-30-25(36-28(40)24(22-18-47-32(34)35-22)37-43-16-23(39)45-33(2,3)4)29(41)38(30)26(19)31(42)44-27(20-12-8-6-9-13-20)21-14-10-7-11-15-21/h5-15,18,25,27,30H,1,16-17H2,2-4H3,(H2,34,35)(H,36,40)/b37-24+. The average Bonchev–Trinajstić information content (AvgIpc) is 3.48. The molecular weight excluding hydrogens is 643 g/mol. The van der Waals surface area contributed by atoms with Gasteiger partial charge in [0.05, 0.1) is 0 Å². The number of nitrogens with one attached hydrogen (secondary N) is 1. The van der Waals surface area contributed by atoms with Gasteiger partial charge in [-0.2, -0.15) is 0 Å². The smallest absolute Gasteiger partial charge is 0.356 e. The largest absolute Gasteiger partial charge is 0.457 e. The minimum atomic E-state index is -1.01. The van der Waals surface area contributed by atoms with Crippen LogP contribution in [0.25, 0.3) is 0 Å². The molecule has 1 fully saturated rings. The molecule has 2 aromatic carbocycles. The predicted octanol–water partition coefficient (Wildman–Crippen LogP) is 3.96. The van der Waals surface area contributed by atoms with Gasteiger partial charge in [-0.3, -0.25) is 14.5 Å². The van der Waals surface area contributed by atoms with Crippen molar-refractivity contribution in [3.63, 3.8) is 0 Å². The van der Waals surface area contributed by atoms with E-state index in [0.29, 0.717) is 11.3 Å². The van der Waals surface area contributed by atoms with Gasteiger partial charge in [0.25, 0.3) is 11.8 Å². The fraction of sp³-hybridized carbons (Fsp3) is 0.273. The first-order chi connectivity index (χ1) is 22.5. The second-order valence-corrected chi connectivity index (χ2v) is 13.4. The highest BCUT2D eigenvalue weighted by Crippen LogP contribution is 2.42. The molecule has 1 aromatic heterocycles. The predicted molar refractivity (Wildman–Crippen MR) is 178 cm³/mol. The molecule has 2 unspecified atom stereocenters. The van der Waals surface area contributed by atoms with Crippen molar-refractivity contribution in [3.8, 4) is 0 Å². The molecule has 2 amide bonds. The van der Waals surface area contributed by atoms with E-state index in [0.717, 1.165) is 22.5 Å². The van der Waals surface area contributed by atoms with Crippen molar-refractivity contribution in [2.24, 2.45) is 5.16 Å². The molecular formula is C33H33N5O7S2. The van der Waals surface area contributed by atoms with Gasteiger partial charge in [-0.1, -0.05) is 78.5 Å². The molecule has 2 aliphatic rings. The van der Waals surface area contributed by atoms with E-state index in [9.17, 15) is 19.2 Å². The maximum atomic E-state index is 13.8. The number of nitrogens with two attached hydrogens (primary N) is 1. The first-order valence-electron chi connectivity index (χ1n) is 14.5. The number of hydrogen-bond donors (Lipinski definition) is 2. The number of oxime groups is 1. The number of ether oxygens (including phenoxy) is 2. The van der Waals surface area contributed by atoms with Gasteiger partial charge in [0.2, 0.25) is 6.61 Å². The fourth-order valence-corrected chi connectivity index (χ4v) is 6.75. The summed E-state index contributed by atoms with van der Waals surface area (Å²) in [6.45, 7) is 8.40. The number of nitrogens with zero attached hydrogens (tertiary/aromatic N) is 3. The Morgan fingerprint density at radius 3 is 2.32 bits per heavy atom. The highest BCUT2D eigenvalue weighted by atomic mass is 32.2. The molecule has 14 heteroatoms. The van der Waals surface area contributed by atoms with Gasteiger partial charge in [0.15, 0.2) is 16.9 Å². The highest BCUT2D eigenvalue weighted by molar-refractivity contribution is 8.00. The number of nitrogen functional groups attached to an aromatic ring is 1. The number of amides is 2. The number of esters is 2. The van der Waals surface area contributed by atoms with Crippen molar-refractivity contribution in [1.29, 1.82) is 0 Å². The van der Waals surface area contributed by atoms with Gasteiger partial charge < -0.3 is 25.4 Å². The number of anilines is 1. The molecule has 3 heterocycles. The first kappa shape index (κ1) is 33.4. The number of β-lactam (4-membered cyclic amide) rings is 1. The van der Waals surface area contributed by atoms with Crippen LogP contribution in [0, 0.1) is 0 Å². The summed E-state index contributed by atoms with van der Waals surface area (Å²) in [5.74, 6) is -2.35. The second kappa shape index (κ2) is 14.2. The monoisotopic (exact) mass is 675 g/mol. The Kier molecular flexibility index (Phi) is 10.1. The molecule has 244 valence electrons. The van der Waals surface area contributed by atoms with Crippen LogP contribution in [0.5, 0.6) is 0 Å². The number of aromatic nitrogens is 1. The van der Waals surface area contributed by atoms with Crippen molar-refractivity contribution in [2.45, 2.75) is 43.9 Å². The molecule has 0 bridgehead atoms. The van der Waals surface area contributed by atoms with E-state index in [-0.39, 0.29) is 22.2 Å². The Morgan fingerprint density at radius 1 is 1.13 bits per heavy atom. The molecule has 0 radical (unpaired) electrons. The van der Waals surface area contributed by atoms with Crippen molar-refractivity contribution < 1.29 is 33.5 Å². The van der Waals surface area contributed by atoms with E-state index in [1.807, 2.05) is 60.7 Å². The van der Waals surface area contributed by atoms with Crippen LogP contribution < -0.4 is 11.1 Å². The minimum Gasteiger partial charge on any atom is -0.457 e. The Labute approximate surface area is 279 Å². The third-order valence-corrected chi connectivity index (χ3v) is 8.87. The molecule has 0 spiro atoms. The molecule has 12 nitrogen and oxygen atoms in total. The second-order valence-electron chi connectivity index (χ2n) is 11.4. The summed E-state index contributed by atoms with van der Waals surface area (Å²) in [5.41, 5.74) is 6.97. The maximum absolute atomic E-state index is 13.8. The molecule has 1 saturated heterocycles. The summed E-state index contributed by atoms with van der Waals surface area (Å²) in [6, 6.07) is 17.6. The van der Waals surface area contributed by atoms with E-state index in [4.69, 9.17) is 20.0 Å². The number of allylic oxidation sites excluding steroid dienone is 1. The molecule has 47 heavy (non-hydrogen) atoms. The average molecular weight is 676 g/mol. The normalized spacial score (nSPS) is 17.8. The van der Waals surface area contributed by atoms with Crippen LogP contribution in [0.4, 0.5) is 5.13 Å². The number of hydrogen-bond acceptors (Lipinski definition) is 12. The van der Waals surface area contributed by atoms with Gasteiger partial charge in [0, 0.05) is 11.1 Å². The lowest BCUT2D eigenvalue weighted by molar-refractivity contribution is -0.160. The van der Waals surface area contributed by atoms with E-state index < -0.39 is 53.5 Å². The molecule has 2 aliphatic heterocycles. The Balaban J connectivity index is 1.33. The van der Waals surface area contributed by atoms with Crippen LogP contribution in [-0.2, 0) is 33.5 Å². The number of rotatable bonds is 11. The molecule has 3 aromatic rings. The zero-order chi connectivity index (χ0) is 33.7. The van der Waals surface area contributed by atoms with E-state index >= 15 is 0 Å². The number of thiazole rings is 1. The van der Waals surface area contributed by atoms with Gasteiger partial charge in [0.1, 0.15) is 28.4 Å². The summed E-state index contributed by atoms with van der Waals surface area (Å²) < 4.78 is 11.3. The lowest BCUT2D eigenvalue weighted by Crippen LogP contribution is -2.71. The first-order valence-corrected chi connectivity index (χ1v) is 16.4. The van der Waals surface area contributed by atoms with Crippen LogP contribution in [0.1, 0.15) is 43.7 Å². The molecule has 2 atom stereocenters. The van der Waals surface area contributed by atoms with Gasteiger partial charge >= 0.3 is 11.9 Å². The van der Waals surface area contributed by atoms with Crippen molar-refractivity contribution in [1.82, 2.24) is 15.2 Å². The number of benzene rings is 2. The maximum Gasteiger partial charge on any atom is 0.356 e. The zero-order valence-electron chi connectivity index (χ0n) is 25.9. The van der Waals surface area contributed by atoms with Gasteiger partial charge in [-0.25, -0.2) is 14.6 Å². The quantitative estimate of drug-likeness (QED) is 0.132. The summed E-state index contributed by atoms with van der Waals surface area (Å²) in [5, 5.41) is 7.58. The Hall–Kier alpha value is -4.95. The number of carbonyl (C=O) groups excluding carboxylic acids is 4. The van der Waals surface area contributed by atoms with E-state index in [1.54, 1.807) is 20.8 Å². The van der Waals surface area contributed by atoms with E-state index in [1.165, 1.54) is 28.1 Å². The number of carbonyl (C=O) groups is 4. The summed E-state index contributed by atoms with van der Waals surface area (Å²) >= 11 is 2.43. The molecule has 0 aliphatic carbocycles. The fourth-order valence-electron chi connectivity index (χ4n) is 4.87. The zero-order valence-corrected chi connectivity index (χ0v) is 27.5. The molecule has 0 saturated carbocycles. The topological polar surface area (TPSA) is 163 Å². The summed E-state index contributed by atoms with van der Waals surface area (Å²) in [7, 11) is 0. The van der Waals surface area contributed by atoms with Crippen LogP contribution in [-0.4, -0.2) is 68.7 Å². The number of thioether (sulfide) groups is 1. The van der Waals surface area contributed by atoms with Crippen molar-refractivity contribution >= 4 is 57.7 Å². The van der Waals surface area contributed by atoms with Crippen LogP contribution in [0.2, 0.25) is 0 Å². The lowest BCUT2D eigenvalue weighted by Gasteiger charge is -2.49. The van der Waals surface area contributed by atoms with Crippen LogP contribution in [0.3, 0.4) is 0 Å². The van der Waals surface area contributed by atoms with Crippen molar-refractivity contribution in [2.75, 3.05) is 18.1 Å². The van der Waals surface area contributed by atoms with Crippen LogP contribution >= 0.6 is 23.1 Å². The Morgan fingerprint density at radius 2 is 1.77 bits per heavy atom. The van der Waals surface area contributed by atoms with Crippen LogP contribution in [0.15, 0.2) is 95.1 Å². The third kappa shape index (κ3) is 7.72. The molecule has 3 N–H and O–H groups in total. The Bertz CT molecular complexity index is 1690. The summed E-state index contributed by atoms with van der Waals surface area (Å²) in [4.78, 5) is 63.5. The third-order valence-electron chi connectivity index (χ3n) is 6.89. The van der Waals surface area contributed by atoms with Gasteiger partial charge in [-0.15, -0.1) is 23.1 Å².